The van der Waals surface area contributed by atoms with Gasteiger partial charge in [0.1, 0.15) is 11.6 Å². The summed E-state index contributed by atoms with van der Waals surface area (Å²) < 4.78 is 43.1. The second kappa shape index (κ2) is 7.12. The van der Waals surface area contributed by atoms with E-state index in [-0.39, 0.29) is 35.3 Å². The number of anilines is 2. The van der Waals surface area contributed by atoms with Gasteiger partial charge in [0.2, 0.25) is 5.91 Å². The molecule has 0 saturated carbocycles. The van der Waals surface area contributed by atoms with Gasteiger partial charge in [0.15, 0.2) is 16.4 Å². The number of rotatable bonds is 5. The first-order valence-corrected chi connectivity index (χ1v) is 9.33. The molecule has 0 aromatic heterocycles. The maximum absolute atomic E-state index is 13.1. The molecule has 0 aliphatic carbocycles. The van der Waals surface area contributed by atoms with Crippen molar-refractivity contribution >= 4 is 33.0 Å². The van der Waals surface area contributed by atoms with Gasteiger partial charge >= 0.3 is 0 Å². The summed E-state index contributed by atoms with van der Waals surface area (Å²) in [6, 6.07) is 9.41. The predicted octanol–water partition coefficient (Wildman–Crippen LogP) is 1.96. The Morgan fingerprint density at radius 3 is 2.81 bits per heavy atom. The van der Waals surface area contributed by atoms with Crippen molar-refractivity contribution in [1.82, 2.24) is 0 Å². The number of halogens is 1. The lowest BCUT2D eigenvalue weighted by Gasteiger charge is -2.18. The van der Waals surface area contributed by atoms with E-state index in [1.54, 1.807) is 0 Å². The zero-order valence-electron chi connectivity index (χ0n) is 13.5. The Kier molecular flexibility index (Phi) is 4.90. The van der Waals surface area contributed by atoms with E-state index in [0.717, 1.165) is 6.07 Å². The Balaban J connectivity index is 1.65. The van der Waals surface area contributed by atoms with Gasteiger partial charge in [-0.15, -0.1) is 0 Å². The molecule has 136 valence electrons. The molecule has 0 unspecified atom stereocenters. The van der Waals surface area contributed by atoms with Crippen LogP contribution in [0.1, 0.15) is 6.42 Å². The van der Waals surface area contributed by atoms with Crippen LogP contribution >= 0.6 is 0 Å². The van der Waals surface area contributed by atoms with Gasteiger partial charge in [-0.05, 0) is 30.3 Å². The minimum atomic E-state index is -3.73. The fraction of sp³-hybridized carbons (Fsp3) is 0.176. The van der Waals surface area contributed by atoms with Gasteiger partial charge in [0, 0.05) is 18.2 Å². The van der Waals surface area contributed by atoms with Gasteiger partial charge < -0.3 is 15.4 Å². The summed E-state index contributed by atoms with van der Waals surface area (Å²) in [4.78, 5) is 23.1. The van der Waals surface area contributed by atoms with Crippen LogP contribution in [0.5, 0.6) is 5.75 Å². The monoisotopic (exact) mass is 378 g/mol. The van der Waals surface area contributed by atoms with Gasteiger partial charge in [-0.3, -0.25) is 9.59 Å². The lowest BCUT2D eigenvalue weighted by atomic mass is 10.2. The molecule has 3 rings (SSSR count). The molecule has 0 fully saturated rings. The molecule has 9 heteroatoms. The Bertz CT molecular complexity index is 975. The second-order valence-electron chi connectivity index (χ2n) is 5.62. The fourth-order valence-corrected chi connectivity index (χ4v) is 3.63. The van der Waals surface area contributed by atoms with E-state index in [9.17, 15) is 22.4 Å². The molecule has 0 bridgehead atoms. The molecular weight excluding hydrogens is 363 g/mol. The molecule has 0 radical (unpaired) electrons. The maximum atomic E-state index is 13.1. The molecule has 1 aliphatic heterocycles. The maximum Gasteiger partial charge on any atom is 0.262 e. The van der Waals surface area contributed by atoms with Crippen LogP contribution in [0.2, 0.25) is 0 Å². The Labute approximate surface area is 149 Å². The number of fused-ring (bicyclic) bond motifs is 1. The molecule has 0 spiro atoms. The quantitative estimate of drug-likeness (QED) is 0.828. The van der Waals surface area contributed by atoms with Gasteiger partial charge in [-0.1, -0.05) is 6.07 Å². The third-order valence-electron chi connectivity index (χ3n) is 3.65. The smallest absolute Gasteiger partial charge is 0.262 e. The highest BCUT2D eigenvalue weighted by molar-refractivity contribution is 7.91. The second-order valence-corrected chi connectivity index (χ2v) is 7.73. The molecular formula is C17H15FN2O5S. The summed E-state index contributed by atoms with van der Waals surface area (Å²) in [5, 5.41) is 5.01. The van der Waals surface area contributed by atoms with Crippen molar-refractivity contribution in [1.29, 1.82) is 0 Å². The van der Waals surface area contributed by atoms with E-state index < -0.39 is 27.3 Å². The molecule has 0 saturated heterocycles. The summed E-state index contributed by atoms with van der Waals surface area (Å²) in [5.41, 5.74) is 0.648. The normalized spacial score (nSPS) is 13.3. The van der Waals surface area contributed by atoms with Crippen LogP contribution in [0.3, 0.4) is 0 Å². The molecule has 2 N–H and O–H groups in total. The summed E-state index contributed by atoms with van der Waals surface area (Å²) in [5.74, 6) is -1.52. The average Bonchev–Trinajstić information content (AvgIpc) is 2.59. The van der Waals surface area contributed by atoms with Crippen LogP contribution in [0.15, 0.2) is 47.4 Å². The number of hydrogen-bond acceptors (Lipinski definition) is 5. The third-order valence-corrected chi connectivity index (χ3v) is 5.37. The van der Waals surface area contributed by atoms with E-state index in [4.69, 9.17) is 4.74 Å². The summed E-state index contributed by atoms with van der Waals surface area (Å²) in [7, 11) is -3.73. The van der Waals surface area contributed by atoms with Crippen LogP contribution in [-0.2, 0) is 19.4 Å². The van der Waals surface area contributed by atoms with E-state index in [1.165, 1.54) is 36.4 Å². The van der Waals surface area contributed by atoms with E-state index in [2.05, 4.69) is 10.6 Å². The first-order chi connectivity index (χ1) is 12.3. The molecule has 26 heavy (non-hydrogen) atoms. The molecule has 2 aromatic rings. The largest absolute Gasteiger partial charge is 0.482 e. The van der Waals surface area contributed by atoms with Crippen molar-refractivity contribution in [2.75, 3.05) is 23.0 Å². The zero-order chi connectivity index (χ0) is 18.7. The van der Waals surface area contributed by atoms with Crippen molar-refractivity contribution in [3.8, 4) is 5.75 Å². The van der Waals surface area contributed by atoms with E-state index >= 15 is 0 Å². The number of carbonyl (C=O) groups excluding carboxylic acids is 2. The highest BCUT2D eigenvalue weighted by atomic mass is 32.2. The number of sulfone groups is 1. The van der Waals surface area contributed by atoms with Crippen molar-refractivity contribution in [2.45, 2.75) is 11.3 Å². The Morgan fingerprint density at radius 2 is 2.04 bits per heavy atom. The highest BCUT2D eigenvalue weighted by Crippen LogP contribution is 2.30. The molecule has 1 aliphatic rings. The molecule has 2 aromatic carbocycles. The SMILES string of the molecule is O=C(CCS(=O)(=O)c1ccc2c(c1)OCC(=O)N2)Nc1cccc(F)c1. The van der Waals surface area contributed by atoms with Gasteiger partial charge in [0.25, 0.3) is 5.91 Å². The van der Waals surface area contributed by atoms with E-state index in [1.807, 2.05) is 0 Å². The predicted molar refractivity (Wildman–Crippen MR) is 92.3 cm³/mol. The number of amides is 2. The van der Waals surface area contributed by atoms with Crippen molar-refractivity contribution in [3.05, 3.63) is 48.3 Å². The number of carbonyl (C=O) groups is 2. The highest BCUT2D eigenvalue weighted by Gasteiger charge is 2.21. The minimum absolute atomic E-state index is 0.00838. The van der Waals surface area contributed by atoms with Crippen molar-refractivity contribution in [3.63, 3.8) is 0 Å². The van der Waals surface area contributed by atoms with Crippen LogP contribution < -0.4 is 15.4 Å². The molecule has 1 heterocycles. The lowest BCUT2D eigenvalue weighted by molar-refractivity contribution is -0.118. The van der Waals surface area contributed by atoms with E-state index in [0.29, 0.717) is 5.69 Å². The third kappa shape index (κ3) is 4.17. The number of nitrogens with one attached hydrogen (secondary N) is 2. The topological polar surface area (TPSA) is 102 Å². The average molecular weight is 378 g/mol. The minimum Gasteiger partial charge on any atom is -0.482 e. The summed E-state index contributed by atoms with van der Waals surface area (Å²) in [6.45, 7) is -0.188. The Morgan fingerprint density at radius 1 is 1.23 bits per heavy atom. The first kappa shape index (κ1) is 17.9. The van der Waals surface area contributed by atoms with Crippen LogP contribution in [0.25, 0.3) is 0 Å². The van der Waals surface area contributed by atoms with Crippen molar-refractivity contribution in [2.24, 2.45) is 0 Å². The Hall–Kier alpha value is -2.94. The van der Waals surface area contributed by atoms with Gasteiger partial charge in [0.05, 0.1) is 16.3 Å². The lowest BCUT2D eigenvalue weighted by Crippen LogP contribution is -2.25. The van der Waals surface area contributed by atoms with Crippen molar-refractivity contribution < 1.29 is 27.1 Å². The number of benzene rings is 2. The standard InChI is InChI=1S/C17H15FN2O5S/c18-11-2-1-3-12(8-11)19-16(21)6-7-26(23,24)13-4-5-14-15(9-13)25-10-17(22)20-14/h1-5,8-9H,6-7,10H2,(H,19,21)(H,20,22). The molecule has 2 amide bonds. The summed E-state index contributed by atoms with van der Waals surface area (Å²) >= 11 is 0. The molecule has 0 atom stereocenters. The van der Waals surface area contributed by atoms with Crippen LogP contribution in [0.4, 0.5) is 15.8 Å². The van der Waals surface area contributed by atoms with Gasteiger partial charge in [-0.2, -0.15) is 0 Å². The fourth-order valence-electron chi connectivity index (χ4n) is 2.38. The number of hydrogen-bond donors (Lipinski definition) is 2. The van der Waals surface area contributed by atoms with Crippen LogP contribution in [-0.4, -0.2) is 32.6 Å². The zero-order valence-corrected chi connectivity index (χ0v) is 14.3. The van der Waals surface area contributed by atoms with Gasteiger partial charge in [-0.25, -0.2) is 12.8 Å². The first-order valence-electron chi connectivity index (χ1n) is 7.68. The summed E-state index contributed by atoms with van der Waals surface area (Å²) in [6.07, 6.45) is -0.284. The molecule has 7 nitrogen and oxygen atoms in total. The number of ether oxygens (including phenoxy) is 1. The van der Waals surface area contributed by atoms with Crippen LogP contribution in [0, 0.1) is 5.82 Å².